The SMILES string of the molecule is CC.CCC(=O)NC(C)(C)c1cnn(CCC(C)C)c1. The average Bonchev–Trinajstić information content (AvgIpc) is 2.87. The zero-order valence-electron chi connectivity index (χ0n) is 14.2. The molecule has 1 heterocycles. The van der Waals surface area contributed by atoms with Crippen molar-refractivity contribution in [2.45, 2.75) is 73.4 Å². The van der Waals surface area contributed by atoms with Crippen molar-refractivity contribution in [1.82, 2.24) is 15.1 Å². The Morgan fingerprint density at radius 1 is 1.40 bits per heavy atom. The summed E-state index contributed by atoms with van der Waals surface area (Å²) < 4.78 is 1.95. The quantitative estimate of drug-likeness (QED) is 0.864. The van der Waals surface area contributed by atoms with E-state index in [1.165, 1.54) is 0 Å². The van der Waals surface area contributed by atoms with Crippen molar-refractivity contribution in [3.63, 3.8) is 0 Å². The summed E-state index contributed by atoms with van der Waals surface area (Å²) in [4.78, 5) is 11.5. The first-order valence-corrected chi connectivity index (χ1v) is 7.69. The molecule has 1 amide bonds. The Hall–Kier alpha value is -1.32. The second-order valence-electron chi connectivity index (χ2n) is 5.70. The van der Waals surface area contributed by atoms with Gasteiger partial charge < -0.3 is 5.32 Å². The predicted octanol–water partition coefficient (Wildman–Crippen LogP) is 3.72. The van der Waals surface area contributed by atoms with Crippen molar-refractivity contribution in [2.75, 3.05) is 0 Å². The van der Waals surface area contributed by atoms with Gasteiger partial charge in [0.05, 0.1) is 11.7 Å². The molecule has 1 rings (SSSR count). The van der Waals surface area contributed by atoms with Crippen molar-refractivity contribution in [2.24, 2.45) is 5.92 Å². The molecule has 20 heavy (non-hydrogen) atoms. The molecule has 0 aliphatic rings. The fourth-order valence-corrected chi connectivity index (χ4v) is 1.71. The summed E-state index contributed by atoms with van der Waals surface area (Å²) in [5.74, 6) is 0.736. The van der Waals surface area contributed by atoms with E-state index in [9.17, 15) is 4.79 Å². The van der Waals surface area contributed by atoms with Gasteiger partial charge in [0, 0.05) is 24.7 Å². The normalized spacial score (nSPS) is 11.0. The fourth-order valence-electron chi connectivity index (χ4n) is 1.71. The van der Waals surface area contributed by atoms with Gasteiger partial charge in [0.15, 0.2) is 0 Å². The molecule has 116 valence electrons. The molecular formula is C16H31N3O. The molecule has 1 aromatic rings. The summed E-state index contributed by atoms with van der Waals surface area (Å²) in [6.07, 6.45) is 5.49. The van der Waals surface area contributed by atoms with Crippen molar-refractivity contribution in [1.29, 1.82) is 0 Å². The maximum Gasteiger partial charge on any atom is 0.220 e. The molecule has 1 N–H and O–H groups in total. The second kappa shape index (κ2) is 8.77. The first kappa shape index (κ1) is 18.7. The number of carbonyl (C=O) groups is 1. The third-order valence-corrected chi connectivity index (χ3v) is 3.06. The molecule has 0 aromatic carbocycles. The van der Waals surface area contributed by atoms with Gasteiger partial charge >= 0.3 is 0 Å². The van der Waals surface area contributed by atoms with Crippen LogP contribution in [0.1, 0.15) is 66.9 Å². The third kappa shape index (κ3) is 6.22. The molecule has 0 atom stereocenters. The van der Waals surface area contributed by atoms with Crippen LogP contribution in [0.25, 0.3) is 0 Å². The van der Waals surface area contributed by atoms with Crippen LogP contribution in [0.2, 0.25) is 0 Å². The highest BCUT2D eigenvalue weighted by molar-refractivity contribution is 5.76. The minimum Gasteiger partial charge on any atom is -0.347 e. The first-order chi connectivity index (χ1) is 9.35. The lowest BCUT2D eigenvalue weighted by molar-refractivity contribution is -0.122. The molecular weight excluding hydrogens is 250 g/mol. The maximum atomic E-state index is 11.5. The smallest absolute Gasteiger partial charge is 0.220 e. The summed E-state index contributed by atoms with van der Waals surface area (Å²) in [5, 5.41) is 7.36. The fraction of sp³-hybridized carbons (Fsp3) is 0.750. The van der Waals surface area contributed by atoms with E-state index in [1.54, 1.807) is 0 Å². The van der Waals surface area contributed by atoms with Crippen LogP contribution in [-0.2, 0) is 16.9 Å². The Morgan fingerprint density at radius 3 is 2.50 bits per heavy atom. The lowest BCUT2D eigenvalue weighted by Gasteiger charge is -2.24. The number of hydrogen-bond acceptors (Lipinski definition) is 2. The van der Waals surface area contributed by atoms with Crippen LogP contribution in [0.3, 0.4) is 0 Å². The van der Waals surface area contributed by atoms with Gasteiger partial charge in [-0.15, -0.1) is 0 Å². The number of nitrogens with zero attached hydrogens (tertiary/aromatic N) is 2. The summed E-state index contributed by atoms with van der Waals surface area (Å²) in [6.45, 7) is 15.2. The van der Waals surface area contributed by atoms with Crippen LogP contribution in [0, 0.1) is 5.92 Å². The Labute approximate surface area is 124 Å². The molecule has 0 unspecified atom stereocenters. The highest BCUT2D eigenvalue weighted by Gasteiger charge is 2.23. The van der Waals surface area contributed by atoms with Crippen molar-refractivity contribution < 1.29 is 4.79 Å². The molecule has 4 heteroatoms. The lowest BCUT2D eigenvalue weighted by Crippen LogP contribution is -2.40. The maximum absolute atomic E-state index is 11.5. The summed E-state index contributed by atoms with van der Waals surface area (Å²) >= 11 is 0. The van der Waals surface area contributed by atoms with E-state index >= 15 is 0 Å². The summed E-state index contributed by atoms with van der Waals surface area (Å²) in [7, 11) is 0. The minimum absolute atomic E-state index is 0.0648. The van der Waals surface area contributed by atoms with Gasteiger partial charge in [-0.05, 0) is 26.2 Å². The van der Waals surface area contributed by atoms with E-state index in [4.69, 9.17) is 0 Å². The number of amides is 1. The number of aryl methyl sites for hydroxylation is 1. The van der Waals surface area contributed by atoms with Crippen LogP contribution >= 0.6 is 0 Å². The Morgan fingerprint density at radius 2 is 2.00 bits per heavy atom. The minimum atomic E-state index is -0.358. The largest absolute Gasteiger partial charge is 0.347 e. The van der Waals surface area contributed by atoms with Gasteiger partial charge in [-0.25, -0.2) is 0 Å². The van der Waals surface area contributed by atoms with Gasteiger partial charge in [0.25, 0.3) is 0 Å². The highest BCUT2D eigenvalue weighted by atomic mass is 16.1. The van der Waals surface area contributed by atoms with E-state index in [0.29, 0.717) is 12.3 Å². The van der Waals surface area contributed by atoms with Gasteiger partial charge in [-0.1, -0.05) is 34.6 Å². The Kier molecular flexibility index (Phi) is 8.19. The lowest BCUT2D eigenvalue weighted by atomic mass is 9.97. The molecule has 0 aliphatic carbocycles. The molecule has 0 aliphatic heterocycles. The molecule has 0 saturated carbocycles. The van der Waals surface area contributed by atoms with Gasteiger partial charge in [0.2, 0.25) is 5.91 Å². The van der Waals surface area contributed by atoms with Crippen LogP contribution in [0.15, 0.2) is 12.4 Å². The number of aromatic nitrogens is 2. The molecule has 0 saturated heterocycles. The van der Waals surface area contributed by atoms with Gasteiger partial charge in [-0.3, -0.25) is 9.48 Å². The van der Waals surface area contributed by atoms with E-state index in [2.05, 4.69) is 24.3 Å². The standard InChI is InChI=1S/C14H25N3O.C2H6/c1-6-13(18)16-14(4,5)12-9-15-17(10-12)8-7-11(2)3;1-2/h9-11H,6-8H2,1-5H3,(H,16,18);1-2H3. The molecule has 0 fully saturated rings. The van der Waals surface area contributed by atoms with Crippen molar-refractivity contribution >= 4 is 5.91 Å². The molecule has 4 nitrogen and oxygen atoms in total. The molecule has 0 radical (unpaired) electrons. The zero-order chi connectivity index (χ0) is 15.8. The van der Waals surface area contributed by atoms with E-state index in [-0.39, 0.29) is 11.4 Å². The molecule has 0 bridgehead atoms. The highest BCUT2D eigenvalue weighted by Crippen LogP contribution is 2.19. The monoisotopic (exact) mass is 281 g/mol. The first-order valence-electron chi connectivity index (χ1n) is 7.69. The Balaban J connectivity index is 0.00000172. The van der Waals surface area contributed by atoms with Gasteiger partial charge in [0.1, 0.15) is 0 Å². The van der Waals surface area contributed by atoms with E-state index in [1.807, 2.05) is 51.7 Å². The van der Waals surface area contributed by atoms with Gasteiger partial charge in [-0.2, -0.15) is 5.10 Å². The number of rotatable bonds is 6. The van der Waals surface area contributed by atoms with Crippen LogP contribution in [-0.4, -0.2) is 15.7 Å². The third-order valence-electron chi connectivity index (χ3n) is 3.06. The van der Waals surface area contributed by atoms with Crippen LogP contribution in [0.4, 0.5) is 0 Å². The van der Waals surface area contributed by atoms with Crippen molar-refractivity contribution in [3.8, 4) is 0 Å². The van der Waals surface area contributed by atoms with E-state index in [0.717, 1.165) is 18.5 Å². The topological polar surface area (TPSA) is 46.9 Å². The number of carbonyl (C=O) groups excluding carboxylic acids is 1. The second-order valence-corrected chi connectivity index (χ2v) is 5.70. The number of nitrogens with one attached hydrogen (secondary N) is 1. The number of hydrogen-bond donors (Lipinski definition) is 1. The Bertz CT molecular complexity index is 394. The van der Waals surface area contributed by atoms with Crippen LogP contribution < -0.4 is 5.32 Å². The molecule has 0 spiro atoms. The summed E-state index contributed by atoms with van der Waals surface area (Å²) in [5.41, 5.74) is 0.691. The zero-order valence-corrected chi connectivity index (χ0v) is 14.2. The van der Waals surface area contributed by atoms with Crippen molar-refractivity contribution in [3.05, 3.63) is 18.0 Å². The summed E-state index contributed by atoms with van der Waals surface area (Å²) in [6, 6.07) is 0. The average molecular weight is 281 g/mol. The van der Waals surface area contributed by atoms with E-state index < -0.39 is 0 Å². The molecule has 1 aromatic heterocycles. The van der Waals surface area contributed by atoms with Crippen LogP contribution in [0.5, 0.6) is 0 Å². The predicted molar refractivity (Wildman–Crippen MR) is 84.5 cm³/mol.